The number of anilines is 2. The zero-order valence-corrected chi connectivity index (χ0v) is 18.5. The zero-order chi connectivity index (χ0) is 26.3. The third-order valence-corrected chi connectivity index (χ3v) is 5.60. The van der Waals surface area contributed by atoms with Gasteiger partial charge in [0, 0.05) is 12.1 Å². The average Bonchev–Trinajstić information content (AvgIpc) is 3.62. The number of hydrogen-bond donors (Lipinski definition) is 2. The number of carbonyl (C=O) groups is 2. The minimum atomic E-state index is -4.98. The van der Waals surface area contributed by atoms with Crippen molar-refractivity contribution in [3.05, 3.63) is 71.4 Å². The van der Waals surface area contributed by atoms with Crippen LogP contribution in [0.15, 0.2) is 49.1 Å². The molecule has 0 bridgehead atoms. The van der Waals surface area contributed by atoms with E-state index in [0.717, 1.165) is 22.1 Å². The highest BCUT2D eigenvalue weighted by Gasteiger charge is 2.41. The molecule has 2 amide bonds. The van der Waals surface area contributed by atoms with E-state index in [4.69, 9.17) is 0 Å². The number of nitrogens with zero attached hydrogens (tertiary/aromatic N) is 8. The second kappa shape index (κ2) is 8.75. The summed E-state index contributed by atoms with van der Waals surface area (Å²) in [6.45, 7) is 0.0793. The lowest BCUT2D eigenvalue weighted by Gasteiger charge is -2.16. The molecule has 4 aromatic rings. The highest BCUT2D eigenvalue weighted by atomic mass is 19.4. The molecule has 0 saturated carbocycles. The minimum Gasteiger partial charge on any atom is -0.465 e. The molecule has 0 spiro atoms. The molecule has 0 atom stereocenters. The van der Waals surface area contributed by atoms with Crippen molar-refractivity contribution in [2.45, 2.75) is 12.6 Å². The number of pyridine rings is 1. The first kappa shape index (κ1) is 23.5. The summed E-state index contributed by atoms with van der Waals surface area (Å²) in [7, 11) is 0. The molecule has 0 aliphatic carbocycles. The molecule has 4 heterocycles. The molecule has 0 unspecified atom stereocenters. The van der Waals surface area contributed by atoms with Gasteiger partial charge in [-0.05, 0) is 24.6 Å². The average molecular weight is 509 g/mol. The first-order valence-corrected chi connectivity index (χ1v) is 10.5. The number of nitriles is 1. The van der Waals surface area contributed by atoms with E-state index >= 15 is 0 Å². The molecule has 3 aromatic heterocycles. The van der Waals surface area contributed by atoms with E-state index in [9.17, 15) is 33.1 Å². The molecule has 0 radical (unpaired) electrons. The third-order valence-electron chi connectivity index (χ3n) is 5.60. The van der Waals surface area contributed by atoms with Crippen LogP contribution in [-0.4, -0.2) is 53.4 Å². The number of halogens is 3. The van der Waals surface area contributed by atoms with E-state index in [2.05, 4.69) is 25.6 Å². The monoisotopic (exact) mass is 509 g/mol. The first-order valence-electron chi connectivity index (χ1n) is 10.5. The molecule has 0 fully saturated rings. The van der Waals surface area contributed by atoms with Gasteiger partial charge in [0.15, 0.2) is 11.5 Å². The van der Waals surface area contributed by atoms with Crippen molar-refractivity contribution in [1.82, 2.24) is 29.8 Å². The number of hydrogen-bond acceptors (Lipinski definition) is 7. The Balaban J connectivity index is 1.52. The number of benzene rings is 1. The van der Waals surface area contributed by atoms with Crippen molar-refractivity contribution in [3.63, 3.8) is 0 Å². The maximum Gasteiger partial charge on any atom is 0.434 e. The van der Waals surface area contributed by atoms with E-state index in [1.165, 1.54) is 36.7 Å². The standard InChI is InChI=1S/C22H14F3N9O3/c23-22(24,25)18-15(11-30-33(18)17-3-1-2-16-14(17)4-7-32(16)21(36)37)20(35)31-13-8-12(9-26)19(27-10-13)34-28-5-6-29-34/h1-3,5-6,8,10-11H,4,7H2,(H,31,35)(H,36,37). The number of alkyl halides is 3. The number of nitrogens with one attached hydrogen (secondary N) is 1. The van der Waals surface area contributed by atoms with Gasteiger partial charge in [-0.3, -0.25) is 9.69 Å². The molecule has 12 nitrogen and oxygen atoms in total. The Morgan fingerprint density at radius 1 is 1.11 bits per heavy atom. The predicted octanol–water partition coefficient (Wildman–Crippen LogP) is 3.03. The van der Waals surface area contributed by atoms with Gasteiger partial charge in [0.1, 0.15) is 11.6 Å². The molecule has 37 heavy (non-hydrogen) atoms. The van der Waals surface area contributed by atoms with Gasteiger partial charge in [-0.1, -0.05) is 6.07 Å². The Morgan fingerprint density at radius 3 is 2.51 bits per heavy atom. The van der Waals surface area contributed by atoms with Crippen LogP contribution in [0.5, 0.6) is 0 Å². The van der Waals surface area contributed by atoms with Crippen LogP contribution in [0, 0.1) is 11.3 Å². The van der Waals surface area contributed by atoms with Crippen LogP contribution in [0.2, 0.25) is 0 Å². The summed E-state index contributed by atoms with van der Waals surface area (Å²) in [6, 6.07) is 7.39. The Labute approximate surface area is 205 Å². The molecule has 1 aliphatic rings. The van der Waals surface area contributed by atoms with Crippen molar-refractivity contribution in [2.75, 3.05) is 16.8 Å². The third kappa shape index (κ3) is 4.10. The summed E-state index contributed by atoms with van der Waals surface area (Å²) < 4.78 is 43.2. The first-order chi connectivity index (χ1) is 17.7. The summed E-state index contributed by atoms with van der Waals surface area (Å²) in [5.41, 5.74) is -1.54. The molecule has 1 aromatic carbocycles. The van der Waals surface area contributed by atoms with Gasteiger partial charge in [0.2, 0.25) is 0 Å². The van der Waals surface area contributed by atoms with Crippen LogP contribution < -0.4 is 10.2 Å². The topological polar surface area (TPSA) is 155 Å². The fraction of sp³-hybridized carbons (Fsp3) is 0.136. The fourth-order valence-electron chi connectivity index (χ4n) is 4.07. The van der Waals surface area contributed by atoms with Crippen molar-refractivity contribution in [3.8, 4) is 17.6 Å². The lowest BCUT2D eigenvalue weighted by Crippen LogP contribution is -2.26. The second-order valence-corrected chi connectivity index (χ2v) is 7.76. The number of aromatic nitrogens is 6. The van der Waals surface area contributed by atoms with Gasteiger partial charge in [-0.2, -0.15) is 33.7 Å². The van der Waals surface area contributed by atoms with Gasteiger partial charge in [-0.15, -0.1) is 4.80 Å². The maximum absolute atomic E-state index is 14.2. The van der Waals surface area contributed by atoms with E-state index in [-0.39, 0.29) is 41.4 Å². The molecular weight excluding hydrogens is 495 g/mol. The summed E-state index contributed by atoms with van der Waals surface area (Å²) in [5, 5.41) is 32.7. The minimum absolute atomic E-state index is 0.0112. The summed E-state index contributed by atoms with van der Waals surface area (Å²) in [6.07, 6.45) is -1.36. The SMILES string of the molecule is N#Cc1cc(NC(=O)c2cnn(-c3cccc4c3CCN4C(=O)O)c2C(F)(F)F)cnc1-n1nccn1. The van der Waals surface area contributed by atoms with Gasteiger partial charge >= 0.3 is 12.3 Å². The Kier molecular flexibility index (Phi) is 5.55. The number of rotatable bonds is 4. The van der Waals surface area contributed by atoms with Crippen LogP contribution in [0.4, 0.5) is 29.3 Å². The summed E-state index contributed by atoms with van der Waals surface area (Å²) in [4.78, 5) is 30.5. The quantitative estimate of drug-likeness (QED) is 0.425. The van der Waals surface area contributed by atoms with Crippen LogP contribution in [0.1, 0.15) is 27.2 Å². The van der Waals surface area contributed by atoms with E-state index < -0.39 is 29.4 Å². The zero-order valence-electron chi connectivity index (χ0n) is 18.5. The van der Waals surface area contributed by atoms with Crippen molar-refractivity contribution in [1.29, 1.82) is 5.26 Å². The highest BCUT2D eigenvalue weighted by Crippen LogP contribution is 2.38. The lowest BCUT2D eigenvalue weighted by atomic mass is 10.1. The van der Waals surface area contributed by atoms with Gasteiger partial charge in [-0.25, -0.2) is 14.5 Å². The predicted molar refractivity (Wildman–Crippen MR) is 119 cm³/mol. The van der Waals surface area contributed by atoms with Crippen LogP contribution >= 0.6 is 0 Å². The number of carboxylic acid groups (broad SMARTS) is 1. The molecule has 186 valence electrons. The van der Waals surface area contributed by atoms with Crippen LogP contribution in [0.3, 0.4) is 0 Å². The normalized spacial score (nSPS) is 12.8. The van der Waals surface area contributed by atoms with E-state index in [1.54, 1.807) is 0 Å². The van der Waals surface area contributed by atoms with Crippen molar-refractivity contribution >= 4 is 23.4 Å². The van der Waals surface area contributed by atoms with Gasteiger partial charge < -0.3 is 10.4 Å². The van der Waals surface area contributed by atoms with Crippen LogP contribution in [-0.2, 0) is 12.6 Å². The van der Waals surface area contributed by atoms with E-state index in [0.29, 0.717) is 10.2 Å². The van der Waals surface area contributed by atoms with Gasteiger partial charge in [0.05, 0.1) is 47.4 Å². The molecule has 2 N–H and O–H groups in total. The highest BCUT2D eigenvalue weighted by molar-refractivity contribution is 6.05. The molecule has 1 aliphatic heterocycles. The molecule has 15 heteroatoms. The fourth-order valence-corrected chi connectivity index (χ4v) is 4.07. The number of carbonyl (C=O) groups excluding carboxylic acids is 1. The molecule has 0 saturated heterocycles. The van der Waals surface area contributed by atoms with Crippen molar-refractivity contribution < 1.29 is 27.9 Å². The summed E-state index contributed by atoms with van der Waals surface area (Å²) >= 11 is 0. The smallest absolute Gasteiger partial charge is 0.434 e. The number of fused-ring (bicyclic) bond motifs is 1. The lowest BCUT2D eigenvalue weighted by molar-refractivity contribution is -0.143. The van der Waals surface area contributed by atoms with Crippen LogP contribution in [0.25, 0.3) is 11.5 Å². The van der Waals surface area contributed by atoms with Crippen molar-refractivity contribution in [2.24, 2.45) is 0 Å². The largest absolute Gasteiger partial charge is 0.465 e. The Hall–Kier alpha value is -5.26. The molecule has 5 rings (SSSR count). The summed E-state index contributed by atoms with van der Waals surface area (Å²) in [5.74, 6) is -1.06. The Bertz CT molecular complexity index is 1570. The second-order valence-electron chi connectivity index (χ2n) is 7.76. The van der Waals surface area contributed by atoms with E-state index in [1.807, 2.05) is 6.07 Å². The van der Waals surface area contributed by atoms with Gasteiger partial charge in [0.25, 0.3) is 5.91 Å². The Morgan fingerprint density at radius 2 is 1.84 bits per heavy atom. The maximum atomic E-state index is 14.2. The molecular formula is C22H14F3N9O3. The number of amides is 2.